The Kier molecular flexibility index (Phi) is 5.14. The normalized spacial score (nSPS) is 20.0. The molecule has 118 valence electrons. The third kappa shape index (κ3) is 3.34. The molecule has 21 heavy (non-hydrogen) atoms. The van der Waals surface area contributed by atoms with Gasteiger partial charge in [-0.15, -0.1) is 0 Å². The first kappa shape index (κ1) is 16.5. The number of rotatable bonds is 5. The van der Waals surface area contributed by atoms with Gasteiger partial charge in [0.2, 0.25) is 10.0 Å². The topological polar surface area (TPSA) is 83.6 Å². The van der Waals surface area contributed by atoms with E-state index >= 15 is 0 Å². The van der Waals surface area contributed by atoms with E-state index in [9.17, 15) is 8.42 Å². The fourth-order valence-electron chi connectivity index (χ4n) is 2.79. The van der Waals surface area contributed by atoms with Gasteiger partial charge in [0.1, 0.15) is 0 Å². The van der Waals surface area contributed by atoms with Crippen molar-refractivity contribution >= 4 is 27.3 Å². The minimum absolute atomic E-state index is 0.0423. The van der Waals surface area contributed by atoms with Crippen molar-refractivity contribution in [1.82, 2.24) is 4.31 Å². The molecule has 0 saturated carbocycles. The molecule has 0 aromatic heterocycles. The van der Waals surface area contributed by atoms with Crippen molar-refractivity contribution < 1.29 is 13.5 Å². The highest BCUT2D eigenvalue weighted by molar-refractivity contribution is 7.89. The predicted octanol–water partition coefficient (Wildman–Crippen LogP) is 2.16. The smallest absolute Gasteiger partial charge is 0.243 e. The molecule has 3 N–H and O–H groups in total. The molecule has 1 aromatic carbocycles. The minimum Gasteiger partial charge on any atom is -0.397 e. The molecule has 0 spiro atoms. The van der Waals surface area contributed by atoms with Crippen LogP contribution < -0.4 is 5.73 Å². The van der Waals surface area contributed by atoms with Crippen LogP contribution in [-0.2, 0) is 10.0 Å². The molecule has 1 heterocycles. The highest BCUT2D eigenvalue weighted by Gasteiger charge is 2.35. The summed E-state index contributed by atoms with van der Waals surface area (Å²) in [6.07, 6.45) is 2.97. The van der Waals surface area contributed by atoms with E-state index < -0.39 is 10.0 Å². The summed E-state index contributed by atoms with van der Waals surface area (Å²) in [6.45, 7) is 2.34. The van der Waals surface area contributed by atoms with Gasteiger partial charge in [-0.3, -0.25) is 0 Å². The highest BCUT2D eigenvalue weighted by Crippen LogP contribution is 2.32. The maximum atomic E-state index is 12.8. The molecular weight excluding hydrogens is 312 g/mol. The van der Waals surface area contributed by atoms with Gasteiger partial charge in [-0.05, 0) is 50.3 Å². The average molecular weight is 333 g/mol. The molecule has 0 aliphatic carbocycles. The van der Waals surface area contributed by atoms with Crippen LogP contribution in [0.5, 0.6) is 0 Å². The lowest BCUT2D eigenvalue weighted by atomic mass is 10.1. The maximum Gasteiger partial charge on any atom is 0.243 e. The monoisotopic (exact) mass is 332 g/mol. The van der Waals surface area contributed by atoms with E-state index in [1.54, 1.807) is 13.0 Å². The Balaban J connectivity index is 2.33. The van der Waals surface area contributed by atoms with Crippen molar-refractivity contribution in [2.24, 2.45) is 0 Å². The molecule has 1 saturated heterocycles. The number of halogens is 1. The van der Waals surface area contributed by atoms with Crippen LogP contribution in [-0.4, -0.2) is 37.0 Å². The van der Waals surface area contributed by atoms with E-state index in [2.05, 4.69) is 0 Å². The van der Waals surface area contributed by atoms with Crippen molar-refractivity contribution in [3.05, 3.63) is 22.7 Å². The fourth-order valence-corrected chi connectivity index (χ4v) is 4.74. The van der Waals surface area contributed by atoms with Gasteiger partial charge in [0, 0.05) is 19.2 Å². The number of nitrogens with zero attached hydrogens (tertiary/aromatic N) is 1. The molecule has 7 heteroatoms. The number of hydrogen-bond donors (Lipinski definition) is 2. The second kappa shape index (κ2) is 6.52. The van der Waals surface area contributed by atoms with Gasteiger partial charge in [-0.2, -0.15) is 4.31 Å². The zero-order valence-corrected chi connectivity index (χ0v) is 13.6. The van der Waals surface area contributed by atoms with E-state index in [1.807, 2.05) is 0 Å². The van der Waals surface area contributed by atoms with Crippen LogP contribution in [0.1, 0.15) is 31.2 Å². The summed E-state index contributed by atoms with van der Waals surface area (Å²) in [5, 5.41) is 9.33. The Bertz CT molecular complexity index is 596. The molecular formula is C14H21ClN2O3S. The molecule has 5 nitrogen and oxygen atoms in total. The van der Waals surface area contributed by atoms with Crippen molar-refractivity contribution in [2.45, 2.75) is 43.5 Å². The fraction of sp³-hybridized carbons (Fsp3) is 0.571. The number of aryl methyl sites for hydroxylation is 1. The summed E-state index contributed by atoms with van der Waals surface area (Å²) in [5.41, 5.74) is 6.72. The van der Waals surface area contributed by atoms with Gasteiger partial charge in [0.25, 0.3) is 0 Å². The van der Waals surface area contributed by atoms with Gasteiger partial charge in [0.15, 0.2) is 0 Å². The number of nitrogens with two attached hydrogens (primary N) is 1. The van der Waals surface area contributed by atoms with Crippen molar-refractivity contribution in [1.29, 1.82) is 0 Å². The van der Waals surface area contributed by atoms with Crippen LogP contribution in [0.2, 0.25) is 5.02 Å². The number of aliphatic hydroxyl groups excluding tert-OH is 1. The molecule has 0 radical (unpaired) electrons. The van der Waals surface area contributed by atoms with E-state index in [-0.39, 0.29) is 23.2 Å². The lowest BCUT2D eigenvalue weighted by molar-refractivity contribution is 0.264. The lowest BCUT2D eigenvalue weighted by Crippen LogP contribution is -2.35. The molecule has 1 atom stereocenters. The molecule has 1 aliphatic rings. The van der Waals surface area contributed by atoms with Crippen molar-refractivity contribution in [3.8, 4) is 0 Å². The Hall–Kier alpha value is -0.820. The van der Waals surface area contributed by atoms with Crippen LogP contribution in [0.4, 0.5) is 5.69 Å². The minimum atomic E-state index is -3.57. The van der Waals surface area contributed by atoms with Crippen LogP contribution >= 0.6 is 11.6 Å². The Morgan fingerprint density at radius 2 is 2.19 bits per heavy atom. The molecule has 1 fully saturated rings. The number of sulfonamides is 1. The van der Waals surface area contributed by atoms with E-state index in [0.717, 1.165) is 12.8 Å². The maximum absolute atomic E-state index is 12.8. The quantitative estimate of drug-likeness (QED) is 0.809. The molecule has 0 bridgehead atoms. The molecule has 1 aliphatic heterocycles. The summed E-state index contributed by atoms with van der Waals surface area (Å²) in [5.74, 6) is 0. The third-order valence-electron chi connectivity index (χ3n) is 3.88. The SMILES string of the molecule is Cc1cc(S(=O)(=O)N2CCCC2CCCO)cc(N)c1Cl. The van der Waals surface area contributed by atoms with Crippen molar-refractivity contribution in [3.63, 3.8) is 0 Å². The van der Waals surface area contributed by atoms with Crippen LogP contribution in [0.3, 0.4) is 0 Å². The summed E-state index contributed by atoms with van der Waals surface area (Å²) < 4.78 is 27.1. The summed E-state index contributed by atoms with van der Waals surface area (Å²) in [4.78, 5) is 0.192. The molecule has 2 rings (SSSR count). The third-order valence-corrected chi connectivity index (χ3v) is 6.33. The van der Waals surface area contributed by atoms with Crippen LogP contribution in [0.15, 0.2) is 17.0 Å². The zero-order valence-electron chi connectivity index (χ0n) is 12.0. The number of anilines is 1. The number of nitrogen functional groups attached to an aromatic ring is 1. The van der Waals surface area contributed by atoms with E-state index in [0.29, 0.717) is 30.0 Å². The Morgan fingerprint density at radius 1 is 1.48 bits per heavy atom. The second-order valence-electron chi connectivity index (χ2n) is 5.42. The van der Waals surface area contributed by atoms with E-state index in [4.69, 9.17) is 22.4 Å². The van der Waals surface area contributed by atoms with Gasteiger partial charge in [0.05, 0.1) is 15.6 Å². The first-order valence-electron chi connectivity index (χ1n) is 7.06. The molecule has 1 unspecified atom stereocenters. The zero-order chi connectivity index (χ0) is 15.6. The lowest BCUT2D eigenvalue weighted by Gasteiger charge is -2.24. The summed E-state index contributed by atoms with van der Waals surface area (Å²) in [7, 11) is -3.57. The number of benzene rings is 1. The van der Waals surface area contributed by atoms with Gasteiger partial charge in [-0.1, -0.05) is 11.6 Å². The molecule has 0 amide bonds. The second-order valence-corrected chi connectivity index (χ2v) is 7.69. The van der Waals surface area contributed by atoms with Crippen LogP contribution in [0.25, 0.3) is 0 Å². The Morgan fingerprint density at radius 3 is 2.81 bits per heavy atom. The summed E-state index contributed by atoms with van der Waals surface area (Å²) in [6, 6.07) is 2.95. The first-order valence-corrected chi connectivity index (χ1v) is 8.88. The molecule has 1 aromatic rings. The predicted molar refractivity (Wildman–Crippen MR) is 83.8 cm³/mol. The highest BCUT2D eigenvalue weighted by atomic mass is 35.5. The summed E-state index contributed by atoms with van der Waals surface area (Å²) >= 11 is 6.00. The number of hydrogen-bond acceptors (Lipinski definition) is 4. The van der Waals surface area contributed by atoms with E-state index in [1.165, 1.54) is 10.4 Å². The largest absolute Gasteiger partial charge is 0.397 e. The van der Waals surface area contributed by atoms with Gasteiger partial charge >= 0.3 is 0 Å². The Labute approximate surface area is 130 Å². The van der Waals surface area contributed by atoms with Crippen molar-refractivity contribution in [2.75, 3.05) is 18.9 Å². The van der Waals surface area contributed by atoms with Gasteiger partial charge in [-0.25, -0.2) is 8.42 Å². The van der Waals surface area contributed by atoms with Gasteiger partial charge < -0.3 is 10.8 Å². The number of aliphatic hydroxyl groups is 1. The standard InChI is InChI=1S/C14H21ClN2O3S/c1-10-8-12(9-13(16)14(10)15)21(19,20)17-6-2-4-11(17)5-3-7-18/h8-9,11,18H,2-7,16H2,1H3. The average Bonchev–Trinajstić information content (AvgIpc) is 2.91. The van der Waals surface area contributed by atoms with Crippen LogP contribution in [0, 0.1) is 6.92 Å². The first-order chi connectivity index (χ1) is 9.87.